The van der Waals surface area contributed by atoms with Crippen LogP contribution in [-0.2, 0) is 11.3 Å². The van der Waals surface area contributed by atoms with E-state index >= 15 is 0 Å². The van der Waals surface area contributed by atoms with Crippen LogP contribution in [0.2, 0.25) is 0 Å². The number of para-hydroxylation sites is 2. The maximum atomic E-state index is 13.1. The third-order valence-corrected chi connectivity index (χ3v) is 5.10. The number of hydrogen-bond acceptors (Lipinski definition) is 4. The lowest BCUT2D eigenvalue weighted by Gasteiger charge is -2.41. The van der Waals surface area contributed by atoms with Crippen LogP contribution in [0.15, 0.2) is 48.5 Å². The Labute approximate surface area is 158 Å². The van der Waals surface area contributed by atoms with Crippen LogP contribution in [0, 0.1) is 5.82 Å². The van der Waals surface area contributed by atoms with Crippen molar-refractivity contribution in [3.8, 4) is 11.5 Å². The fraction of sp³-hybridized carbons (Fsp3) is 0.381. The zero-order valence-corrected chi connectivity index (χ0v) is 15.3. The molecule has 142 valence electrons. The van der Waals surface area contributed by atoms with Crippen molar-refractivity contribution in [3.63, 3.8) is 0 Å². The van der Waals surface area contributed by atoms with Gasteiger partial charge in [-0.25, -0.2) is 4.39 Å². The minimum atomic E-state index is -0.606. The van der Waals surface area contributed by atoms with E-state index in [-0.39, 0.29) is 24.4 Å². The van der Waals surface area contributed by atoms with E-state index in [1.54, 1.807) is 0 Å². The average molecular weight is 370 g/mol. The summed E-state index contributed by atoms with van der Waals surface area (Å²) >= 11 is 0. The van der Waals surface area contributed by atoms with Crippen LogP contribution < -0.4 is 9.47 Å². The van der Waals surface area contributed by atoms with Crippen molar-refractivity contribution in [2.75, 3.05) is 26.2 Å². The second-order valence-corrected chi connectivity index (χ2v) is 7.11. The minimum Gasteiger partial charge on any atom is -0.485 e. The molecule has 2 atom stereocenters. The Morgan fingerprint density at radius 1 is 1.11 bits per heavy atom. The molecule has 1 fully saturated rings. The number of carbonyl (C=O) groups excluding carboxylic acids is 1. The molecular formula is C21H23FN2O3. The first-order valence-electron chi connectivity index (χ1n) is 9.26. The van der Waals surface area contributed by atoms with E-state index in [0.29, 0.717) is 18.0 Å². The largest absolute Gasteiger partial charge is 0.485 e. The molecule has 2 aliphatic rings. The normalized spacial score (nSPS) is 22.5. The van der Waals surface area contributed by atoms with Crippen LogP contribution in [0.4, 0.5) is 4.39 Å². The zero-order chi connectivity index (χ0) is 18.8. The second-order valence-electron chi connectivity index (χ2n) is 7.11. The van der Waals surface area contributed by atoms with Gasteiger partial charge in [-0.05, 0) is 36.8 Å². The molecule has 27 heavy (non-hydrogen) atoms. The van der Waals surface area contributed by atoms with Crippen molar-refractivity contribution in [3.05, 3.63) is 59.9 Å². The fourth-order valence-corrected chi connectivity index (χ4v) is 3.68. The van der Waals surface area contributed by atoms with Gasteiger partial charge in [0, 0.05) is 32.2 Å². The Hall–Kier alpha value is -2.60. The number of nitrogens with zero attached hydrogens (tertiary/aromatic N) is 2. The van der Waals surface area contributed by atoms with Crippen LogP contribution in [0.1, 0.15) is 12.5 Å². The van der Waals surface area contributed by atoms with Gasteiger partial charge in [0.25, 0.3) is 5.91 Å². The van der Waals surface area contributed by atoms with E-state index in [1.165, 1.54) is 12.1 Å². The highest BCUT2D eigenvalue weighted by Crippen LogP contribution is 2.31. The number of hydrogen-bond donors (Lipinski definition) is 0. The van der Waals surface area contributed by atoms with Gasteiger partial charge in [0.05, 0.1) is 0 Å². The number of rotatable bonds is 3. The first-order chi connectivity index (χ1) is 13.1. The van der Waals surface area contributed by atoms with Crippen molar-refractivity contribution in [1.29, 1.82) is 0 Å². The fourth-order valence-electron chi connectivity index (χ4n) is 3.68. The van der Waals surface area contributed by atoms with Crippen LogP contribution in [-0.4, -0.2) is 54.1 Å². The molecule has 0 aliphatic carbocycles. The van der Waals surface area contributed by atoms with Gasteiger partial charge in [-0.2, -0.15) is 0 Å². The third-order valence-electron chi connectivity index (χ3n) is 5.10. The Balaban J connectivity index is 1.35. The Kier molecular flexibility index (Phi) is 4.99. The predicted octanol–water partition coefficient (Wildman–Crippen LogP) is 2.70. The van der Waals surface area contributed by atoms with Crippen molar-refractivity contribution in [2.45, 2.75) is 25.6 Å². The molecule has 1 saturated heterocycles. The smallest absolute Gasteiger partial charge is 0.267 e. The summed E-state index contributed by atoms with van der Waals surface area (Å²) in [6, 6.07) is 14.1. The van der Waals surface area contributed by atoms with Gasteiger partial charge < -0.3 is 14.4 Å². The number of piperazine rings is 1. The van der Waals surface area contributed by atoms with Crippen LogP contribution in [0.3, 0.4) is 0 Å². The molecule has 4 rings (SSSR count). The Morgan fingerprint density at radius 3 is 2.59 bits per heavy atom. The van der Waals surface area contributed by atoms with Gasteiger partial charge in [0.1, 0.15) is 12.4 Å². The summed E-state index contributed by atoms with van der Waals surface area (Å²) in [4.78, 5) is 17.1. The summed E-state index contributed by atoms with van der Waals surface area (Å²) in [6.45, 7) is 5.22. The average Bonchev–Trinajstić information content (AvgIpc) is 2.69. The summed E-state index contributed by atoms with van der Waals surface area (Å²) in [6.07, 6.45) is -0.606. The van der Waals surface area contributed by atoms with Crippen LogP contribution in [0.25, 0.3) is 0 Å². The maximum Gasteiger partial charge on any atom is 0.267 e. The highest BCUT2D eigenvalue weighted by Gasteiger charge is 2.35. The molecule has 1 unspecified atom stereocenters. The van der Waals surface area contributed by atoms with Gasteiger partial charge >= 0.3 is 0 Å². The molecule has 0 spiro atoms. The molecule has 0 radical (unpaired) electrons. The minimum absolute atomic E-state index is 0.0292. The summed E-state index contributed by atoms with van der Waals surface area (Å²) in [5.74, 6) is 1.04. The molecule has 2 aromatic rings. The lowest BCUT2D eigenvalue weighted by molar-refractivity contribution is -0.145. The highest BCUT2D eigenvalue weighted by molar-refractivity contribution is 5.82. The number of halogens is 1. The first-order valence-corrected chi connectivity index (χ1v) is 9.26. The molecular weight excluding hydrogens is 347 g/mol. The molecule has 2 aliphatic heterocycles. The third kappa shape index (κ3) is 3.90. The summed E-state index contributed by atoms with van der Waals surface area (Å²) in [7, 11) is 0. The number of ether oxygens (including phenoxy) is 2. The van der Waals surface area contributed by atoms with Crippen LogP contribution in [0.5, 0.6) is 11.5 Å². The molecule has 6 heteroatoms. The quantitative estimate of drug-likeness (QED) is 0.833. The van der Waals surface area contributed by atoms with Crippen molar-refractivity contribution < 1.29 is 18.7 Å². The van der Waals surface area contributed by atoms with Crippen molar-refractivity contribution >= 4 is 5.91 Å². The van der Waals surface area contributed by atoms with E-state index in [4.69, 9.17) is 9.47 Å². The topological polar surface area (TPSA) is 42.0 Å². The van der Waals surface area contributed by atoms with Gasteiger partial charge in [-0.15, -0.1) is 0 Å². The highest BCUT2D eigenvalue weighted by atomic mass is 19.1. The number of fused-ring (bicyclic) bond motifs is 1. The summed E-state index contributed by atoms with van der Waals surface area (Å²) < 4.78 is 24.6. The first kappa shape index (κ1) is 17.8. The number of benzene rings is 2. The summed E-state index contributed by atoms with van der Waals surface area (Å²) in [5, 5.41) is 0. The molecule has 0 N–H and O–H groups in total. The Morgan fingerprint density at radius 2 is 1.85 bits per heavy atom. The molecule has 1 amide bonds. The molecule has 2 heterocycles. The zero-order valence-electron chi connectivity index (χ0n) is 15.3. The maximum absolute atomic E-state index is 13.1. The second kappa shape index (κ2) is 7.56. The van der Waals surface area contributed by atoms with Gasteiger partial charge in [-0.1, -0.05) is 24.3 Å². The van der Waals surface area contributed by atoms with Crippen LogP contribution >= 0.6 is 0 Å². The van der Waals surface area contributed by atoms with Crippen molar-refractivity contribution in [2.24, 2.45) is 0 Å². The monoisotopic (exact) mass is 370 g/mol. The molecule has 0 saturated carbocycles. The van der Waals surface area contributed by atoms with Gasteiger partial charge in [0.2, 0.25) is 6.10 Å². The van der Waals surface area contributed by atoms with Crippen molar-refractivity contribution in [1.82, 2.24) is 9.80 Å². The van der Waals surface area contributed by atoms with Gasteiger partial charge in [0.15, 0.2) is 11.5 Å². The Bertz CT molecular complexity index is 811. The molecule has 0 bridgehead atoms. The predicted molar refractivity (Wildman–Crippen MR) is 99.2 cm³/mol. The lowest BCUT2D eigenvalue weighted by Crippen LogP contribution is -2.57. The lowest BCUT2D eigenvalue weighted by atomic mass is 10.1. The van der Waals surface area contributed by atoms with E-state index in [2.05, 4.69) is 4.90 Å². The molecule has 2 aromatic carbocycles. The number of amides is 1. The SMILES string of the molecule is C[C@@H]1CN(Cc2ccc(F)cc2)CCN1C(=O)C1COc2ccccc2O1. The standard InChI is InChI=1S/C21H23FN2O3/c1-15-12-23(13-16-6-8-17(22)9-7-16)10-11-24(15)21(25)20-14-26-18-4-2-3-5-19(18)27-20/h2-9,15,20H,10-14H2,1H3/t15-,20?/m1/s1. The van der Waals surface area contributed by atoms with E-state index < -0.39 is 6.10 Å². The van der Waals surface area contributed by atoms with E-state index in [9.17, 15) is 9.18 Å². The molecule has 5 nitrogen and oxygen atoms in total. The van der Waals surface area contributed by atoms with Gasteiger partial charge in [-0.3, -0.25) is 9.69 Å². The molecule has 0 aromatic heterocycles. The van der Waals surface area contributed by atoms with E-state index in [1.807, 2.05) is 48.2 Å². The summed E-state index contributed by atoms with van der Waals surface area (Å²) in [5.41, 5.74) is 1.07. The number of carbonyl (C=O) groups is 1. The van der Waals surface area contributed by atoms with E-state index in [0.717, 1.165) is 25.2 Å².